The van der Waals surface area contributed by atoms with Crippen LogP contribution >= 0.6 is 0 Å². The van der Waals surface area contributed by atoms with Crippen molar-refractivity contribution >= 4 is 34.4 Å². The number of nitrogens with one attached hydrogen (secondary N) is 3. The number of hydrogen-bond donors (Lipinski definition) is 4. The summed E-state index contributed by atoms with van der Waals surface area (Å²) in [6.45, 7) is 3.90. The third kappa shape index (κ3) is 5.92. The quantitative estimate of drug-likeness (QED) is 0.281. The highest BCUT2D eigenvalue weighted by atomic mass is 16.4. The molecule has 0 aliphatic carbocycles. The van der Waals surface area contributed by atoms with E-state index in [2.05, 4.69) is 15.6 Å². The zero-order valence-corrected chi connectivity index (χ0v) is 20.4. The standard InChI is InChI=1S/C29H27N3O5/c1-17(2)14-25(32-27(34)20-10-8-19(9-11-20)18-6-4-3-5-7-18)28(35)31-21-12-13-24-22(15-21)26(33)23(16-30-24)29(36)37/h3-13,15-17,25H,14H2,1-2H3,(H,30,33)(H,31,35)(H,32,34)(H,36,37)/t25-/m0/s1. The Labute approximate surface area is 213 Å². The summed E-state index contributed by atoms with van der Waals surface area (Å²) in [6.07, 6.45) is 1.54. The van der Waals surface area contributed by atoms with Crippen LogP contribution in [-0.4, -0.2) is 33.9 Å². The smallest absolute Gasteiger partial charge is 0.341 e. The lowest BCUT2D eigenvalue weighted by Crippen LogP contribution is -2.44. The van der Waals surface area contributed by atoms with Gasteiger partial charge in [0.1, 0.15) is 11.6 Å². The van der Waals surface area contributed by atoms with Gasteiger partial charge in [0.2, 0.25) is 11.3 Å². The molecule has 4 N–H and O–H groups in total. The second-order valence-corrected chi connectivity index (χ2v) is 9.19. The van der Waals surface area contributed by atoms with Crippen LogP contribution in [0, 0.1) is 5.92 Å². The van der Waals surface area contributed by atoms with Crippen molar-refractivity contribution < 1.29 is 19.5 Å². The van der Waals surface area contributed by atoms with E-state index in [1.54, 1.807) is 24.3 Å². The molecule has 2 amide bonds. The SMILES string of the molecule is CC(C)C[C@H](NC(=O)c1ccc(-c2ccccc2)cc1)C(=O)Nc1ccc2[nH]cc(C(=O)O)c(=O)c2c1. The number of aromatic carboxylic acids is 1. The van der Waals surface area contributed by atoms with E-state index in [1.165, 1.54) is 6.07 Å². The third-order valence-corrected chi connectivity index (χ3v) is 5.96. The fourth-order valence-electron chi connectivity index (χ4n) is 4.07. The number of benzene rings is 3. The van der Waals surface area contributed by atoms with Crippen molar-refractivity contribution in [2.75, 3.05) is 5.32 Å². The summed E-state index contributed by atoms with van der Waals surface area (Å²) in [5.74, 6) is -2.03. The van der Waals surface area contributed by atoms with Crippen molar-refractivity contribution in [3.63, 3.8) is 0 Å². The summed E-state index contributed by atoms with van der Waals surface area (Å²) >= 11 is 0. The van der Waals surface area contributed by atoms with Crippen LogP contribution in [0.15, 0.2) is 83.8 Å². The first-order valence-electron chi connectivity index (χ1n) is 11.9. The lowest BCUT2D eigenvalue weighted by molar-refractivity contribution is -0.118. The fraction of sp³-hybridized carbons (Fsp3) is 0.172. The van der Waals surface area contributed by atoms with Crippen molar-refractivity contribution in [1.29, 1.82) is 0 Å². The van der Waals surface area contributed by atoms with Crippen molar-refractivity contribution in [3.05, 3.63) is 100 Å². The molecule has 1 atom stereocenters. The molecular formula is C29H27N3O5. The molecule has 1 heterocycles. The first-order chi connectivity index (χ1) is 17.7. The molecule has 0 saturated heterocycles. The monoisotopic (exact) mass is 497 g/mol. The van der Waals surface area contributed by atoms with Gasteiger partial charge in [-0.2, -0.15) is 0 Å². The highest BCUT2D eigenvalue weighted by molar-refractivity contribution is 6.02. The van der Waals surface area contributed by atoms with Gasteiger partial charge < -0.3 is 20.7 Å². The Morgan fingerprint density at radius 1 is 0.919 bits per heavy atom. The number of rotatable bonds is 8. The van der Waals surface area contributed by atoms with E-state index in [0.29, 0.717) is 23.2 Å². The minimum absolute atomic E-state index is 0.120. The number of anilines is 1. The number of aromatic nitrogens is 1. The molecule has 37 heavy (non-hydrogen) atoms. The minimum Gasteiger partial charge on any atom is -0.477 e. The number of aromatic amines is 1. The predicted octanol–water partition coefficient (Wildman–Crippen LogP) is 4.68. The van der Waals surface area contributed by atoms with Gasteiger partial charge in [-0.3, -0.25) is 14.4 Å². The van der Waals surface area contributed by atoms with E-state index in [1.807, 2.05) is 56.3 Å². The van der Waals surface area contributed by atoms with Crippen molar-refractivity contribution in [2.24, 2.45) is 5.92 Å². The van der Waals surface area contributed by atoms with Gasteiger partial charge >= 0.3 is 5.97 Å². The summed E-state index contributed by atoms with van der Waals surface area (Å²) in [6, 6.07) is 20.8. The normalized spacial score (nSPS) is 11.8. The van der Waals surface area contributed by atoms with Crippen LogP contribution in [0.25, 0.3) is 22.0 Å². The number of carboxylic acids is 1. The van der Waals surface area contributed by atoms with Crippen LogP contribution in [0.1, 0.15) is 41.0 Å². The van der Waals surface area contributed by atoms with E-state index in [-0.39, 0.29) is 22.8 Å². The van der Waals surface area contributed by atoms with Gasteiger partial charge in [0, 0.05) is 28.4 Å². The van der Waals surface area contributed by atoms with E-state index < -0.39 is 23.3 Å². The number of carboxylic acid groups (broad SMARTS) is 1. The van der Waals surface area contributed by atoms with Gasteiger partial charge in [-0.15, -0.1) is 0 Å². The van der Waals surface area contributed by atoms with Crippen LogP contribution < -0.4 is 16.1 Å². The third-order valence-electron chi connectivity index (χ3n) is 5.96. The summed E-state index contributed by atoms with van der Waals surface area (Å²) < 4.78 is 0. The Balaban J connectivity index is 1.52. The molecule has 0 fully saturated rings. The Hall–Kier alpha value is -4.72. The minimum atomic E-state index is -1.34. The van der Waals surface area contributed by atoms with Crippen LogP contribution in [0.3, 0.4) is 0 Å². The molecule has 8 nitrogen and oxygen atoms in total. The zero-order valence-electron chi connectivity index (χ0n) is 20.4. The average Bonchev–Trinajstić information content (AvgIpc) is 2.89. The van der Waals surface area contributed by atoms with Crippen LogP contribution in [0.4, 0.5) is 5.69 Å². The largest absolute Gasteiger partial charge is 0.477 e. The molecule has 0 radical (unpaired) electrons. The Morgan fingerprint density at radius 3 is 2.24 bits per heavy atom. The molecule has 1 aromatic heterocycles. The van der Waals surface area contributed by atoms with Gasteiger partial charge in [-0.05, 0) is 53.8 Å². The molecule has 0 unspecified atom stereocenters. The Bertz CT molecular complexity index is 1510. The van der Waals surface area contributed by atoms with Gasteiger partial charge in [0.05, 0.1) is 0 Å². The molecule has 4 rings (SSSR count). The Kier molecular flexibility index (Phi) is 7.48. The lowest BCUT2D eigenvalue weighted by atomic mass is 10.0. The fourth-order valence-corrected chi connectivity index (χ4v) is 4.07. The number of carbonyl (C=O) groups is 3. The molecular weight excluding hydrogens is 470 g/mol. The molecule has 188 valence electrons. The number of pyridine rings is 1. The van der Waals surface area contributed by atoms with E-state index in [9.17, 15) is 24.3 Å². The van der Waals surface area contributed by atoms with E-state index in [0.717, 1.165) is 17.3 Å². The Morgan fingerprint density at radius 2 is 1.59 bits per heavy atom. The number of fused-ring (bicyclic) bond motifs is 1. The van der Waals surface area contributed by atoms with Crippen molar-refractivity contribution in [2.45, 2.75) is 26.3 Å². The number of hydrogen-bond acceptors (Lipinski definition) is 4. The second kappa shape index (κ2) is 10.9. The lowest BCUT2D eigenvalue weighted by Gasteiger charge is -2.20. The molecule has 4 aromatic rings. The number of carbonyl (C=O) groups excluding carboxylic acids is 2. The van der Waals surface area contributed by atoms with Crippen molar-refractivity contribution in [3.8, 4) is 11.1 Å². The predicted molar refractivity (Wildman–Crippen MR) is 143 cm³/mol. The average molecular weight is 498 g/mol. The van der Waals surface area contributed by atoms with Crippen molar-refractivity contribution in [1.82, 2.24) is 10.3 Å². The zero-order chi connectivity index (χ0) is 26.5. The maximum Gasteiger partial charge on any atom is 0.341 e. The maximum absolute atomic E-state index is 13.1. The first kappa shape index (κ1) is 25.4. The van der Waals surface area contributed by atoms with Crippen LogP contribution in [-0.2, 0) is 4.79 Å². The summed E-state index contributed by atoms with van der Waals surface area (Å²) in [5.41, 5.74) is 2.17. The molecule has 0 bridgehead atoms. The number of H-pyrrole nitrogens is 1. The second-order valence-electron chi connectivity index (χ2n) is 9.19. The maximum atomic E-state index is 13.1. The first-order valence-corrected chi connectivity index (χ1v) is 11.9. The number of amides is 2. The highest BCUT2D eigenvalue weighted by Gasteiger charge is 2.23. The molecule has 3 aromatic carbocycles. The molecule has 0 aliphatic heterocycles. The highest BCUT2D eigenvalue weighted by Crippen LogP contribution is 2.20. The van der Waals surface area contributed by atoms with Crippen LogP contribution in [0.5, 0.6) is 0 Å². The van der Waals surface area contributed by atoms with Gasteiger partial charge in [-0.1, -0.05) is 56.3 Å². The van der Waals surface area contributed by atoms with Gasteiger partial charge in [0.15, 0.2) is 0 Å². The van der Waals surface area contributed by atoms with Gasteiger partial charge in [-0.25, -0.2) is 4.79 Å². The molecule has 0 spiro atoms. The summed E-state index contributed by atoms with van der Waals surface area (Å²) in [7, 11) is 0. The molecule has 0 aliphatic rings. The molecule has 8 heteroatoms. The van der Waals surface area contributed by atoms with Crippen LogP contribution in [0.2, 0.25) is 0 Å². The van der Waals surface area contributed by atoms with Gasteiger partial charge in [0.25, 0.3) is 5.91 Å². The van der Waals surface area contributed by atoms with E-state index >= 15 is 0 Å². The summed E-state index contributed by atoms with van der Waals surface area (Å²) in [4.78, 5) is 52.7. The molecule has 0 saturated carbocycles. The van der Waals surface area contributed by atoms with E-state index in [4.69, 9.17) is 0 Å². The summed E-state index contributed by atoms with van der Waals surface area (Å²) in [5, 5.41) is 14.9. The topological polar surface area (TPSA) is 128 Å².